The van der Waals surface area contributed by atoms with Crippen molar-refractivity contribution >= 4 is 11.7 Å². The largest absolute Gasteiger partial charge is 0.478 e. The predicted molar refractivity (Wildman–Crippen MR) is 91.1 cm³/mol. The molecule has 0 aliphatic heterocycles. The van der Waals surface area contributed by atoms with E-state index < -0.39 is 5.97 Å². The van der Waals surface area contributed by atoms with Crippen LogP contribution in [0.25, 0.3) is 17.0 Å². The molecule has 2 aromatic rings. The highest BCUT2D eigenvalue weighted by atomic mass is 16.4. The first kappa shape index (κ1) is 14.1. The van der Waals surface area contributed by atoms with Gasteiger partial charge in [0.05, 0.1) is 5.69 Å². The van der Waals surface area contributed by atoms with Gasteiger partial charge in [-0.1, -0.05) is 30.3 Å². The molecule has 1 N–H and O–H groups in total. The number of benzene rings is 1. The van der Waals surface area contributed by atoms with Crippen molar-refractivity contribution in [1.29, 1.82) is 0 Å². The van der Waals surface area contributed by atoms with E-state index in [9.17, 15) is 9.90 Å². The van der Waals surface area contributed by atoms with Crippen LogP contribution in [0.15, 0.2) is 54.1 Å². The zero-order chi connectivity index (χ0) is 15.8. The lowest BCUT2D eigenvalue weighted by Crippen LogP contribution is -2.09. The maximum absolute atomic E-state index is 11.2. The third-order valence-corrected chi connectivity index (χ3v) is 4.78. The number of fused-ring (bicyclic) bond motifs is 1. The molecule has 3 heteroatoms. The molecule has 0 atom stereocenters. The van der Waals surface area contributed by atoms with Crippen molar-refractivity contribution in [3.63, 3.8) is 0 Å². The number of aliphatic carboxylic acids is 1. The van der Waals surface area contributed by atoms with Crippen molar-refractivity contribution in [3.05, 3.63) is 65.4 Å². The number of rotatable bonds is 3. The molecule has 23 heavy (non-hydrogen) atoms. The molecule has 0 fully saturated rings. The fourth-order valence-electron chi connectivity index (χ4n) is 3.66. The summed E-state index contributed by atoms with van der Waals surface area (Å²) in [4.78, 5) is 11.2. The molecule has 2 aliphatic carbocycles. The number of aromatic nitrogens is 1. The smallest absolute Gasteiger partial charge is 0.331 e. The molecule has 1 heterocycles. The molecule has 0 radical (unpaired) electrons. The van der Waals surface area contributed by atoms with Crippen molar-refractivity contribution in [3.8, 4) is 11.3 Å². The molecule has 1 aromatic carbocycles. The fourth-order valence-corrected chi connectivity index (χ4v) is 3.66. The Labute approximate surface area is 135 Å². The summed E-state index contributed by atoms with van der Waals surface area (Å²) >= 11 is 0. The summed E-state index contributed by atoms with van der Waals surface area (Å²) in [6, 6.07) is 12.7. The highest BCUT2D eigenvalue weighted by molar-refractivity contribution is 5.91. The first-order valence-corrected chi connectivity index (χ1v) is 8.16. The fraction of sp³-hybridized carbons (Fsp3) is 0.250. The average molecular weight is 305 g/mol. The number of hydrogen-bond acceptors (Lipinski definition) is 1. The number of hydrogen-bond donors (Lipinski definition) is 1. The van der Waals surface area contributed by atoms with E-state index in [0.29, 0.717) is 12.0 Å². The van der Waals surface area contributed by atoms with Crippen LogP contribution in [-0.2, 0) is 17.6 Å². The van der Waals surface area contributed by atoms with Gasteiger partial charge in [-0.05, 0) is 55.0 Å². The van der Waals surface area contributed by atoms with Gasteiger partial charge < -0.3 is 9.67 Å². The van der Waals surface area contributed by atoms with E-state index >= 15 is 0 Å². The van der Waals surface area contributed by atoms with Gasteiger partial charge in [0, 0.05) is 23.4 Å². The van der Waals surface area contributed by atoms with E-state index in [4.69, 9.17) is 0 Å². The molecule has 3 nitrogen and oxygen atoms in total. The molecule has 4 rings (SSSR count). The quantitative estimate of drug-likeness (QED) is 0.919. The topological polar surface area (TPSA) is 42.2 Å². The molecule has 0 amide bonds. The van der Waals surface area contributed by atoms with Gasteiger partial charge in [-0.15, -0.1) is 0 Å². The number of carboxylic acids is 1. The van der Waals surface area contributed by atoms with E-state index in [1.165, 1.54) is 35.4 Å². The molecular formula is C20H19NO2. The molecule has 116 valence electrons. The zero-order valence-electron chi connectivity index (χ0n) is 13.0. The normalized spacial score (nSPS) is 16.7. The maximum atomic E-state index is 11.2. The second kappa shape index (κ2) is 5.58. The summed E-state index contributed by atoms with van der Waals surface area (Å²) in [5, 5.41) is 9.24. The van der Waals surface area contributed by atoms with Gasteiger partial charge in [0.1, 0.15) is 0 Å². The van der Waals surface area contributed by atoms with Gasteiger partial charge in [-0.3, -0.25) is 0 Å². The number of carboxylic acid groups (broad SMARTS) is 1. The van der Waals surface area contributed by atoms with E-state index in [-0.39, 0.29) is 0 Å². The number of allylic oxidation sites excluding steroid dienone is 3. The van der Waals surface area contributed by atoms with Crippen LogP contribution >= 0.6 is 0 Å². The SMILES string of the molecule is O=C(O)C1=CC=C(n2c(-c3ccccc3)cc3c2CCCC3)C1. The average Bonchev–Trinajstić information content (AvgIpc) is 3.20. The minimum Gasteiger partial charge on any atom is -0.478 e. The van der Waals surface area contributed by atoms with E-state index in [1.54, 1.807) is 6.08 Å². The Morgan fingerprint density at radius 1 is 1.04 bits per heavy atom. The zero-order valence-corrected chi connectivity index (χ0v) is 13.0. The van der Waals surface area contributed by atoms with Crippen LogP contribution < -0.4 is 0 Å². The van der Waals surface area contributed by atoms with E-state index in [1.807, 2.05) is 12.1 Å². The van der Waals surface area contributed by atoms with E-state index in [0.717, 1.165) is 18.5 Å². The second-order valence-electron chi connectivity index (χ2n) is 6.24. The Morgan fingerprint density at radius 3 is 2.57 bits per heavy atom. The summed E-state index contributed by atoms with van der Waals surface area (Å²) in [7, 11) is 0. The molecule has 0 saturated heterocycles. The van der Waals surface area contributed by atoms with Crippen LogP contribution in [0, 0.1) is 0 Å². The molecule has 0 unspecified atom stereocenters. The summed E-state index contributed by atoms with van der Waals surface area (Å²) in [6.45, 7) is 0. The second-order valence-corrected chi connectivity index (χ2v) is 6.24. The third-order valence-electron chi connectivity index (χ3n) is 4.78. The van der Waals surface area contributed by atoms with Crippen molar-refractivity contribution in [2.45, 2.75) is 32.1 Å². The Balaban J connectivity index is 1.82. The molecular weight excluding hydrogens is 286 g/mol. The molecule has 0 spiro atoms. The summed E-state index contributed by atoms with van der Waals surface area (Å²) < 4.78 is 2.30. The maximum Gasteiger partial charge on any atom is 0.331 e. The molecule has 2 aliphatic rings. The Kier molecular flexibility index (Phi) is 3.41. The van der Waals surface area contributed by atoms with Crippen LogP contribution in [0.4, 0.5) is 0 Å². The summed E-state index contributed by atoms with van der Waals surface area (Å²) in [6.07, 6.45) is 8.83. The highest BCUT2D eigenvalue weighted by Crippen LogP contribution is 2.36. The van der Waals surface area contributed by atoms with Crippen molar-refractivity contribution in [2.75, 3.05) is 0 Å². The summed E-state index contributed by atoms with van der Waals surface area (Å²) in [5.74, 6) is -0.821. The standard InChI is InChI=1S/C20H19NO2/c22-20(23)16-10-11-17(12-16)21-18-9-5-4-8-15(18)13-19(21)14-6-2-1-3-7-14/h1-3,6-7,10-11,13H,4-5,8-9,12H2,(H,22,23). The van der Waals surface area contributed by atoms with Crippen molar-refractivity contribution in [1.82, 2.24) is 4.57 Å². The summed E-state index contributed by atoms with van der Waals surface area (Å²) in [5.41, 5.74) is 6.69. The van der Waals surface area contributed by atoms with Gasteiger partial charge in [0.25, 0.3) is 0 Å². The minimum absolute atomic E-state index is 0.470. The van der Waals surface area contributed by atoms with Crippen LogP contribution in [0.5, 0.6) is 0 Å². The number of aryl methyl sites for hydroxylation is 1. The Morgan fingerprint density at radius 2 is 1.83 bits per heavy atom. The first-order chi connectivity index (χ1) is 11.2. The van der Waals surface area contributed by atoms with Gasteiger partial charge in [0.2, 0.25) is 0 Å². The lowest BCUT2D eigenvalue weighted by molar-refractivity contribution is -0.132. The van der Waals surface area contributed by atoms with Gasteiger partial charge >= 0.3 is 5.97 Å². The van der Waals surface area contributed by atoms with Crippen molar-refractivity contribution < 1.29 is 9.90 Å². The molecule has 0 saturated carbocycles. The number of nitrogens with zero attached hydrogens (tertiary/aromatic N) is 1. The van der Waals surface area contributed by atoms with Gasteiger partial charge in [-0.2, -0.15) is 0 Å². The first-order valence-electron chi connectivity index (χ1n) is 8.16. The van der Waals surface area contributed by atoms with Gasteiger partial charge in [-0.25, -0.2) is 4.79 Å². The van der Waals surface area contributed by atoms with Crippen LogP contribution in [0.2, 0.25) is 0 Å². The lowest BCUT2D eigenvalue weighted by atomic mass is 9.98. The lowest BCUT2D eigenvalue weighted by Gasteiger charge is -2.18. The van der Waals surface area contributed by atoms with Gasteiger partial charge in [0.15, 0.2) is 0 Å². The van der Waals surface area contributed by atoms with Crippen LogP contribution in [0.1, 0.15) is 30.5 Å². The van der Waals surface area contributed by atoms with Crippen LogP contribution in [-0.4, -0.2) is 15.6 Å². The predicted octanol–water partition coefficient (Wildman–Crippen LogP) is 4.29. The van der Waals surface area contributed by atoms with Crippen LogP contribution in [0.3, 0.4) is 0 Å². The molecule has 0 bridgehead atoms. The molecule has 1 aromatic heterocycles. The van der Waals surface area contributed by atoms with Crippen molar-refractivity contribution in [2.24, 2.45) is 0 Å². The third kappa shape index (κ3) is 2.42. The van der Waals surface area contributed by atoms with E-state index in [2.05, 4.69) is 34.9 Å². The number of carbonyl (C=O) groups is 1. The monoisotopic (exact) mass is 305 g/mol. The highest BCUT2D eigenvalue weighted by Gasteiger charge is 2.24. The Bertz CT molecular complexity index is 825. The Hall–Kier alpha value is -2.55. The minimum atomic E-state index is -0.821.